The van der Waals surface area contributed by atoms with Crippen molar-refractivity contribution >= 4 is 21.5 Å². The summed E-state index contributed by atoms with van der Waals surface area (Å²) >= 11 is 0. The molecular formula is C33H40O2. The molecule has 2 nitrogen and oxygen atoms in total. The molecule has 0 spiro atoms. The Morgan fingerprint density at radius 1 is 0.600 bits per heavy atom. The quantitative estimate of drug-likeness (QED) is 0.228. The molecule has 0 radical (unpaired) electrons. The number of ether oxygens (including phenoxy) is 2. The van der Waals surface area contributed by atoms with Crippen LogP contribution in [0.3, 0.4) is 0 Å². The van der Waals surface area contributed by atoms with Crippen LogP contribution in [0.5, 0.6) is 11.5 Å². The third kappa shape index (κ3) is 5.32. The van der Waals surface area contributed by atoms with Gasteiger partial charge in [0.15, 0.2) is 11.5 Å². The van der Waals surface area contributed by atoms with Gasteiger partial charge < -0.3 is 9.47 Å². The zero-order valence-corrected chi connectivity index (χ0v) is 22.5. The summed E-state index contributed by atoms with van der Waals surface area (Å²) in [6.45, 7) is 16.9. The minimum absolute atomic E-state index is 0.495. The predicted octanol–water partition coefficient (Wildman–Crippen LogP) is 9.44. The molecule has 0 saturated carbocycles. The smallest absolute Gasteiger partial charge is 0.161 e. The lowest BCUT2D eigenvalue weighted by Crippen LogP contribution is -2.11. The van der Waals surface area contributed by atoms with E-state index in [1.807, 2.05) is 0 Å². The van der Waals surface area contributed by atoms with Gasteiger partial charge in [-0.25, -0.2) is 0 Å². The van der Waals surface area contributed by atoms with Crippen LogP contribution < -0.4 is 9.47 Å². The molecule has 4 rings (SSSR count). The second-order valence-electron chi connectivity index (χ2n) is 10.4. The largest absolute Gasteiger partial charge is 0.489 e. The molecule has 4 aromatic carbocycles. The van der Waals surface area contributed by atoms with E-state index in [9.17, 15) is 0 Å². The van der Waals surface area contributed by atoms with Gasteiger partial charge in [-0.15, -0.1) is 0 Å². The lowest BCUT2D eigenvalue weighted by molar-refractivity contribution is 0.218. The highest BCUT2D eigenvalue weighted by atomic mass is 16.5. The monoisotopic (exact) mass is 468 g/mol. The third-order valence-corrected chi connectivity index (χ3v) is 7.36. The van der Waals surface area contributed by atoms with Crippen LogP contribution in [0.25, 0.3) is 32.7 Å². The Morgan fingerprint density at radius 2 is 1.14 bits per heavy atom. The van der Waals surface area contributed by atoms with E-state index in [1.54, 1.807) is 0 Å². The Morgan fingerprint density at radius 3 is 1.74 bits per heavy atom. The number of hydrogen-bond donors (Lipinski definition) is 0. The zero-order valence-electron chi connectivity index (χ0n) is 22.5. The maximum absolute atomic E-state index is 6.38. The fraction of sp³-hybridized carbons (Fsp3) is 0.394. The summed E-state index contributed by atoms with van der Waals surface area (Å²) < 4.78 is 12.6. The van der Waals surface area contributed by atoms with Crippen molar-refractivity contribution in [1.29, 1.82) is 0 Å². The first-order valence-electron chi connectivity index (χ1n) is 13.2. The van der Waals surface area contributed by atoms with E-state index in [0.29, 0.717) is 25.0 Å². The van der Waals surface area contributed by atoms with Gasteiger partial charge in [-0.05, 0) is 83.0 Å². The Balaban J connectivity index is 1.90. The minimum Gasteiger partial charge on any atom is -0.489 e. The molecule has 2 unspecified atom stereocenters. The maximum Gasteiger partial charge on any atom is 0.161 e. The van der Waals surface area contributed by atoms with Crippen LogP contribution in [0, 0.1) is 32.6 Å². The predicted molar refractivity (Wildman–Crippen MR) is 151 cm³/mol. The first-order valence-corrected chi connectivity index (χ1v) is 13.2. The van der Waals surface area contributed by atoms with E-state index in [1.165, 1.54) is 49.4 Å². The van der Waals surface area contributed by atoms with Gasteiger partial charge >= 0.3 is 0 Å². The number of benzene rings is 4. The van der Waals surface area contributed by atoms with Gasteiger partial charge in [-0.1, -0.05) is 94.1 Å². The molecule has 0 fully saturated rings. The maximum atomic E-state index is 6.38. The highest BCUT2D eigenvalue weighted by Crippen LogP contribution is 2.42. The molecule has 0 heterocycles. The second kappa shape index (κ2) is 10.7. The van der Waals surface area contributed by atoms with Crippen molar-refractivity contribution in [3.05, 3.63) is 71.3 Å². The Hall–Kier alpha value is -3.00. The topological polar surface area (TPSA) is 18.5 Å². The average molecular weight is 469 g/mol. The molecule has 0 aliphatic carbocycles. The number of rotatable bonds is 9. The van der Waals surface area contributed by atoms with Crippen LogP contribution in [0.1, 0.15) is 57.2 Å². The SMILES string of the molecule is CCC(C)COc1ccc(-c2c(C)c3cc(C)ccc3c3ccc(C)cc23)cc1OCC(C)CC. The molecular weight excluding hydrogens is 428 g/mol. The highest BCUT2D eigenvalue weighted by molar-refractivity contribution is 6.16. The Bertz CT molecular complexity index is 1330. The molecule has 0 saturated heterocycles. The van der Waals surface area contributed by atoms with E-state index in [2.05, 4.69) is 103 Å². The van der Waals surface area contributed by atoms with Crippen molar-refractivity contribution in [3.8, 4) is 22.6 Å². The normalized spacial score (nSPS) is 13.2. The Kier molecular flexibility index (Phi) is 7.69. The minimum atomic E-state index is 0.495. The summed E-state index contributed by atoms with van der Waals surface area (Å²) in [5, 5.41) is 5.22. The van der Waals surface area contributed by atoms with Gasteiger partial charge in [0.05, 0.1) is 13.2 Å². The Labute approximate surface area is 211 Å². The summed E-state index contributed by atoms with van der Waals surface area (Å²) in [5.41, 5.74) is 6.32. The van der Waals surface area contributed by atoms with Gasteiger partial charge in [0.2, 0.25) is 0 Å². The van der Waals surface area contributed by atoms with E-state index < -0.39 is 0 Å². The standard InChI is InChI=1S/C33H40O2/c1-8-21(3)19-34-31-15-12-26(18-32(31)35-20-22(4)9-2)33-25(7)29-16-23(5)10-13-27(29)28-14-11-24(6)17-30(28)33/h10-18,21-22H,8-9,19-20H2,1-7H3. The molecule has 0 bridgehead atoms. The number of fused-ring (bicyclic) bond motifs is 3. The van der Waals surface area contributed by atoms with Gasteiger partial charge in [0, 0.05) is 0 Å². The van der Waals surface area contributed by atoms with Gasteiger partial charge in [0.1, 0.15) is 0 Å². The summed E-state index contributed by atoms with van der Waals surface area (Å²) in [6.07, 6.45) is 2.19. The summed E-state index contributed by atoms with van der Waals surface area (Å²) in [6, 6.07) is 20.1. The van der Waals surface area contributed by atoms with Gasteiger partial charge in [0.25, 0.3) is 0 Å². The molecule has 2 atom stereocenters. The van der Waals surface area contributed by atoms with Crippen LogP contribution in [0.2, 0.25) is 0 Å². The summed E-state index contributed by atoms with van der Waals surface area (Å²) in [5.74, 6) is 2.69. The fourth-order valence-corrected chi connectivity index (χ4v) is 4.61. The number of hydrogen-bond acceptors (Lipinski definition) is 2. The molecule has 0 N–H and O–H groups in total. The average Bonchev–Trinajstić information content (AvgIpc) is 2.86. The van der Waals surface area contributed by atoms with Crippen LogP contribution in [0.4, 0.5) is 0 Å². The first kappa shape index (κ1) is 25.1. The van der Waals surface area contributed by atoms with Crippen molar-refractivity contribution in [1.82, 2.24) is 0 Å². The fourth-order valence-electron chi connectivity index (χ4n) is 4.61. The van der Waals surface area contributed by atoms with E-state index in [0.717, 1.165) is 24.3 Å². The highest BCUT2D eigenvalue weighted by Gasteiger charge is 2.17. The first-order chi connectivity index (χ1) is 16.8. The van der Waals surface area contributed by atoms with Gasteiger partial charge in [-0.2, -0.15) is 0 Å². The summed E-state index contributed by atoms with van der Waals surface area (Å²) in [4.78, 5) is 0. The number of aryl methyl sites for hydroxylation is 3. The van der Waals surface area contributed by atoms with Crippen LogP contribution in [-0.4, -0.2) is 13.2 Å². The lowest BCUT2D eigenvalue weighted by Gasteiger charge is -2.20. The van der Waals surface area contributed by atoms with E-state index >= 15 is 0 Å². The molecule has 35 heavy (non-hydrogen) atoms. The molecule has 0 aliphatic rings. The molecule has 184 valence electrons. The molecule has 0 aliphatic heterocycles. The van der Waals surface area contributed by atoms with Crippen LogP contribution >= 0.6 is 0 Å². The lowest BCUT2D eigenvalue weighted by atomic mass is 9.87. The van der Waals surface area contributed by atoms with Crippen molar-refractivity contribution < 1.29 is 9.47 Å². The zero-order chi connectivity index (χ0) is 25.1. The third-order valence-electron chi connectivity index (χ3n) is 7.36. The molecule has 0 amide bonds. The van der Waals surface area contributed by atoms with Crippen molar-refractivity contribution in [2.45, 2.75) is 61.3 Å². The van der Waals surface area contributed by atoms with Crippen LogP contribution in [0.15, 0.2) is 54.6 Å². The van der Waals surface area contributed by atoms with E-state index in [-0.39, 0.29) is 0 Å². The molecule has 4 aromatic rings. The van der Waals surface area contributed by atoms with Crippen molar-refractivity contribution in [2.24, 2.45) is 11.8 Å². The molecule has 2 heteroatoms. The van der Waals surface area contributed by atoms with Crippen molar-refractivity contribution in [2.75, 3.05) is 13.2 Å². The summed E-state index contributed by atoms with van der Waals surface area (Å²) in [7, 11) is 0. The van der Waals surface area contributed by atoms with E-state index in [4.69, 9.17) is 9.47 Å². The van der Waals surface area contributed by atoms with Crippen molar-refractivity contribution in [3.63, 3.8) is 0 Å². The van der Waals surface area contributed by atoms with Gasteiger partial charge in [-0.3, -0.25) is 0 Å². The van der Waals surface area contributed by atoms with Crippen LogP contribution in [-0.2, 0) is 0 Å². The second-order valence-corrected chi connectivity index (χ2v) is 10.4. The molecule has 0 aromatic heterocycles.